The molecule has 1 fully saturated rings. The highest BCUT2D eigenvalue weighted by molar-refractivity contribution is 8.00. The van der Waals surface area contributed by atoms with E-state index in [0.717, 1.165) is 23.0 Å². The highest BCUT2D eigenvalue weighted by Gasteiger charge is 2.17. The summed E-state index contributed by atoms with van der Waals surface area (Å²) in [7, 11) is 0. The van der Waals surface area contributed by atoms with Crippen molar-refractivity contribution in [3.05, 3.63) is 22.4 Å². The van der Waals surface area contributed by atoms with Crippen molar-refractivity contribution in [1.29, 1.82) is 0 Å². The Morgan fingerprint density at radius 1 is 1.10 bits per heavy atom. The first-order chi connectivity index (χ1) is 10.4. The second-order valence-electron chi connectivity index (χ2n) is 4.38. The van der Waals surface area contributed by atoms with Crippen molar-refractivity contribution in [2.75, 3.05) is 49.4 Å². The van der Waals surface area contributed by atoms with Crippen molar-refractivity contribution in [2.24, 2.45) is 0 Å². The predicted molar refractivity (Wildman–Crippen MR) is 89.8 cm³/mol. The standard InChI is InChI=1S/C14H20O4S3/c15-14(13-2-1-7-21-13)18-12-10-19-8-5-16-3-4-17-6-9-20-11-12/h1-2,7,12H,3-6,8-11H2. The molecule has 0 amide bonds. The molecule has 1 aliphatic rings. The predicted octanol–water partition coefficient (Wildman–Crippen LogP) is 2.79. The van der Waals surface area contributed by atoms with E-state index in [1.54, 1.807) is 29.6 Å². The van der Waals surface area contributed by atoms with Crippen molar-refractivity contribution in [2.45, 2.75) is 6.10 Å². The van der Waals surface area contributed by atoms with E-state index in [-0.39, 0.29) is 12.1 Å². The summed E-state index contributed by atoms with van der Waals surface area (Å²) in [5, 5.41) is 1.89. The van der Waals surface area contributed by atoms with Gasteiger partial charge in [0, 0.05) is 23.0 Å². The summed E-state index contributed by atoms with van der Waals surface area (Å²) in [5.74, 6) is 3.24. The molecule has 4 nitrogen and oxygen atoms in total. The second-order valence-corrected chi connectivity index (χ2v) is 7.63. The van der Waals surface area contributed by atoms with Gasteiger partial charge in [0.15, 0.2) is 0 Å². The van der Waals surface area contributed by atoms with Crippen molar-refractivity contribution >= 4 is 40.8 Å². The molecule has 0 aliphatic carbocycles. The van der Waals surface area contributed by atoms with Gasteiger partial charge in [-0.15, -0.1) is 11.3 Å². The van der Waals surface area contributed by atoms with Crippen LogP contribution >= 0.6 is 34.9 Å². The van der Waals surface area contributed by atoms with Crippen LogP contribution in [-0.4, -0.2) is 61.5 Å². The lowest BCUT2D eigenvalue weighted by Gasteiger charge is -2.16. The number of hydrogen-bond donors (Lipinski definition) is 0. The summed E-state index contributed by atoms with van der Waals surface area (Å²) >= 11 is 4.95. The molecule has 7 heteroatoms. The minimum Gasteiger partial charge on any atom is -0.456 e. The molecule has 0 N–H and O–H groups in total. The molecule has 1 aliphatic heterocycles. The van der Waals surface area contributed by atoms with Crippen LogP contribution in [0.25, 0.3) is 0 Å². The molecule has 0 spiro atoms. The summed E-state index contributed by atoms with van der Waals surface area (Å²) in [6.45, 7) is 2.74. The lowest BCUT2D eigenvalue weighted by molar-refractivity contribution is 0.0400. The Bertz CT molecular complexity index is 383. The third kappa shape index (κ3) is 7.06. The number of rotatable bonds is 2. The van der Waals surface area contributed by atoms with E-state index in [1.165, 1.54) is 11.3 Å². The van der Waals surface area contributed by atoms with Crippen LogP contribution in [0.1, 0.15) is 9.67 Å². The van der Waals surface area contributed by atoms with Crippen molar-refractivity contribution in [1.82, 2.24) is 0 Å². The summed E-state index contributed by atoms with van der Waals surface area (Å²) in [5.41, 5.74) is 0. The van der Waals surface area contributed by atoms with Crippen LogP contribution in [-0.2, 0) is 14.2 Å². The van der Waals surface area contributed by atoms with Crippen molar-refractivity contribution in [3.8, 4) is 0 Å². The molecule has 2 heterocycles. The van der Waals surface area contributed by atoms with Crippen LogP contribution in [0.5, 0.6) is 0 Å². The lowest BCUT2D eigenvalue weighted by Crippen LogP contribution is -2.23. The van der Waals surface area contributed by atoms with Gasteiger partial charge < -0.3 is 14.2 Å². The molecule has 1 aromatic rings. The minimum atomic E-state index is -0.215. The van der Waals surface area contributed by atoms with E-state index < -0.39 is 0 Å². The summed E-state index contributed by atoms with van der Waals surface area (Å²) in [4.78, 5) is 12.7. The van der Waals surface area contributed by atoms with E-state index in [1.807, 2.05) is 11.4 Å². The monoisotopic (exact) mass is 348 g/mol. The summed E-state index contributed by atoms with van der Waals surface area (Å²) in [6, 6.07) is 3.67. The maximum absolute atomic E-state index is 12.0. The normalized spacial score (nSPS) is 20.0. The maximum Gasteiger partial charge on any atom is 0.348 e. The molecule has 0 aromatic carbocycles. The van der Waals surface area contributed by atoms with Gasteiger partial charge in [0.2, 0.25) is 0 Å². The largest absolute Gasteiger partial charge is 0.456 e. The van der Waals surface area contributed by atoms with E-state index in [4.69, 9.17) is 14.2 Å². The number of carbonyl (C=O) groups excluding carboxylic acids is 1. The van der Waals surface area contributed by atoms with Crippen LogP contribution in [0.4, 0.5) is 0 Å². The molecular formula is C14H20O4S3. The fraction of sp³-hybridized carbons (Fsp3) is 0.643. The Morgan fingerprint density at radius 3 is 2.33 bits per heavy atom. The van der Waals surface area contributed by atoms with Gasteiger partial charge in [-0.05, 0) is 11.4 Å². The van der Waals surface area contributed by atoms with Crippen LogP contribution < -0.4 is 0 Å². The highest BCUT2D eigenvalue weighted by atomic mass is 32.2. The fourth-order valence-electron chi connectivity index (χ4n) is 1.71. The fourth-order valence-corrected chi connectivity index (χ4v) is 4.16. The van der Waals surface area contributed by atoms with Gasteiger partial charge >= 0.3 is 5.97 Å². The molecule has 1 aromatic heterocycles. The number of thiophene rings is 1. The molecule has 0 unspecified atom stereocenters. The topological polar surface area (TPSA) is 44.8 Å². The van der Waals surface area contributed by atoms with E-state index in [0.29, 0.717) is 31.3 Å². The molecule has 1 saturated heterocycles. The Morgan fingerprint density at radius 2 is 1.76 bits per heavy atom. The van der Waals surface area contributed by atoms with Gasteiger partial charge in [-0.3, -0.25) is 0 Å². The van der Waals surface area contributed by atoms with Crippen LogP contribution in [0.3, 0.4) is 0 Å². The smallest absolute Gasteiger partial charge is 0.348 e. The zero-order chi connectivity index (χ0) is 14.8. The Kier molecular flexibility index (Phi) is 8.58. The van der Waals surface area contributed by atoms with Crippen molar-refractivity contribution in [3.63, 3.8) is 0 Å². The first kappa shape index (κ1) is 17.1. The second kappa shape index (κ2) is 10.5. The maximum atomic E-state index is 12.0. The summed E-state index contributed by atoms with van der Waals surface area (Å²) in [6.07, 6.45) is -0.0599. The van der Waals surface area contributed by atoms with E-state index in [2.05, 4.69) is 0 Å². The third-order valence-electron chi connectivity index (χ3n) is 2.72. The van der Waals surface area contributed by atoms with Crippen LogP contribution in [0.15, 0.2) is 17.5 Å². The Labute approximate surface area is 137 Å². The zero-order valence-electron chi connectivity index (χ0n) is 11.8. The average Bonchev–Trinajstić information content (AvgIpc) is 3.01. The van der Waals surface area contributed by atoms with Crippen molar-refractivity contribution < 1.29 is 19.0 Å². The average molecular weight is 349 g/mol. The molecule has 0 bridgehead atoms. The number of ether oxygens (including phenoxy) is 3. The number of carbonyl (C=O) groups is 1. The Balaban J connectivity index is 1.80. The van der Waals surface area contributed by atoms with Gasteiger partial charge in [-0.2, -0.15) is 23.5 Å². The van der Waals surface area contributed by atoms with E-state index >= 15 is 0 Å². The quantitative estimate of drug-likeness (QED) is 0.766. The van der Waals surface area contributed by atoms with Gasteiger partial charge in [-0.1, -0.05) is 6.07 Å². The molecule has 21 heavy (non-hydrogen) atoms. The van der Waals surface area contributed by atoms with Crippen LogP contribution in [0.2, 0.25) is 0 Å². The molecule has 0 atom stereocenters. The molecule has 0 radical (unpaired) electrons. The highest BCUT2D eigenvalue weighted by Crippen LogP contribution is 2.17. The first-order valence-electron chi connectivity index (χ1n) is 6.92. The molecule has 2 rings (SSSR count). The molecular weight excluding hydrogens is 328 g/mol. The van der Waals surface area contributed by atoms with Gasteiger partial charge in [0.25, 0.3) is 0 Å². The number of hydrogen-bond acceptors (Lipinski definition) is 7. The SMILES string of the molecule is O=C(OC1CSCCOCCOCCSC1)c1cccs1. The molecule has 118 valence electrons. The Hall–Kier alpha value is -0.210. The molecule has 0 saturated carbocycles. The van der Waals surface area contributed by atoms with Gasteiger partial charge in [0.1, 0.15) is 11.0 Å². The third-order valence-corrected chi connectivity index (χ3v) is 5.70. The zero-order valence-corrected chi connectivity index (χ0v) is 14.3. The number of thioether (sulfide) groups is 2. The van der Waals surface area contributed by atoms with Gasteiger partial charge in [-0.25, -0.2) is 4.79 Å². The first-order valence-corrected chi connectivity index (χ1v) is 10.1. The number of esters is 1. The van der Waals surface area contributed by atoms with Gasteiger partial charge in [0.05, 0.1) is 26.4 Å². The lowest BCUT2D eigenvalue weighted by atomic mass is 10.4. The summed E-state index contributed by atoms with van der Waals surface area (Å²) < 4.78 is 16.5. The van der Waals surface area contributed by atoms with E-state index in [9.17, 15) is 4.79 Å². The minimum absolute atomic E-state index is 0.0599. The van der Waals surface area contributed by atoms with Crippen LogP contribution in [0, 0.1) is 0 Å².